The second kappa shape index (κ2) is 46.4. The lowest BCUT2D eigenvalue weighted by Crippen LogP contribution is -2.48. The lowest BCUT2D eigenvalue weighted by molar-refractivity contribution is -0.133. The van der Waals surface area contributed by atoms with E-state index in [0.717, 1.165) is 95.6 Å². The summed E-state index contributed by atoms with van der Waals surface area (Å²) in [5, 5.41) is 35.2. The monoisotopic (exact) mass is 1100 g/mol. The molecule has 2 rings (SSSR count). The second-order valence-electron chi connectivity index (χ2n) is 20.0. The van der Waals surface area contributed by atoms with Crippen LogP contribution in [0.15, 0.2) is 24.3 Å². The Hall–Kier alpha value is -5.53. The maximum absolute atomic E-state index is 12.3. The third kappa shape index (κ3) is 35.8. The fourth-order valence-corrected chi connectivity index (χ4v) is 8.35. The van der Waals surface area contributed by atoms with Crippen LogP contribution in [0.1, 0.15) is 187 Å². The molecule has 6 amide bonds. The van der Waals surface area contributed by atoms with E-state index in [-0.39, 0.29) is 72.0 Å². The zero-order valence-corrected chi connectivity index (χ0v) is 48.0. The van der Waals surface area contributed by atoms with Gasteiger partial charge in [-0.15, -0.1) is 0 Å². The molecule has 0 bridgehead atoms. The van der Waals surface area contributed by atoms with Gasteiger partial charge >= 0.3 is 6.17 Å². The van der Waals surface area contributed by atoms with E-state index in [9.17, 15) is 38.4 Å². The normalized spacial score (nSPS) is 14.6. The number of benzene rings is 1. The highest BCUT2D eigenvalue weighted by Gasteiger charge is 2.35. The Balaban J connectivity index is 0.00000119. The number of Topliss-reactive ketones (excluding diaryl/α,β-unsaturated/α-hetero) is 2. The van der Waals surface area contributed by atoms with Gasteiger partial charge < -0.3 is 54.0 Å². The molecule has 14 N–H and O–H groups in total. The lowest BCUT2D eigenvalue weighted by Gasteiger charge is -2.20. The molecule has 1 fully saturated rings. The standard InChI is InChI=1S/C24H47N5O5.C19H34N4O2.C14H20N2O3/c1-3-22(32)27-15-11-8-6-4-5-7-9-14-23(33)28-16-12-10-13-19(26-2)21(31)17-29-20(18-30)24(25)34;1-3-4-5-6-7-8-9-14-22-18(24)13-12-16(20)19(25)23-15-10-11-17(23)21-2;1-3-13(18)9(2)16-14(19)12(15)8-10-4-6-11(17)7-5-10/h19-20,26,29-30H,3-18H2,1-2H3,(H2,25,34)(H,27,32)(H,28,33);16-17H,3-15,20H2,1H3,(H,22,24);4-7,9,12,17H,3,8,15H2,1-2H3,(H,16,19)/t19-,20-;16?,17-;9-,12+/m001/s1. The number of likely N-dealkylation sites (N-methyl/N-ethyl adjacent to an activating group) is 1. The van der Waals surface area contributed by atoms with Gasteiger partial charge in [-0.3, -0.25) is 53.4 Å². The van der Waals surface area contributed by atoms with Crippen molar-refractivity contribution in [2.75, 3.05) is 46.4 Å². The van der Waals surface area contributed by atoms with Gasteiger partial charge in [0.2, 0.25) is 35.4 Å². The zero-order chi connectivity index (χ0) is 58.5. The van der Waals surface area contributed by atoms with Crippen LogP contribution in [0.25, 0.3) is 4.85 Å². The molecule has 0 aromatic heterocycles. The zero-order valence-electron chi connectivity index (χ0n) is 48.0. The minimum atomic E-state index is -0.928. The molecule has 78 heavy (non-hydrogen) atoms. The Bertz CT molecular complexity index is 1900. The topological polar surface area (TPSA) is 335 Å². The van der Waals surface area contributed by atoms with Crippen LogP contribution in [0.5, 0.6) is 5.75 Å². The van der Waals surface area contributed by atoms with E-state index in [1.165, 1.54) is 32.1 Å². The van der Waals surface area contributed by atoms with E-state index in [0.29, 0.717) is 58.2 Å². The van der Waals surface area contributed by atoms with Crippen molar-refractivity contribution in [3.8, 4) is 5.75 Å². The number of carbonyl (C=O) groups excluding carboxylic acids is 8. The fourth-order valence-electron chi connectivity index (χ4n) is 8.35. The molecule has 0 radical (unpaired) electrons. The van der Waals surface area contributed by atoms with Crippen molar-refractivity contribution >= 4 is 47.0 Å². The van der Waals surface area contributed by atoms with Crippen LogP contribution in [0.3, 0.4) is 0 Å². The summed E-state index contributed by atoms with van der Waals surface area (Å²) >= 11 is 0. The summed E-state index contributed by atoms with van der Waals surface area (Å²) in [5.74, 6) is -1.06. The number of rotatable bonds is 41. The first-order valence-corrected chi connectivity index (χ1v) is 28.8. The minimum absolute atomic E-state index is 0.0230. The van der Waals surface area contributed by atoms with E-state index in [4.69, 9.17) is 34.0 Å². The van der Waals surface area contributed by atoms with Crippen LogP contribution < -0.4 is 49.1 Å². The molecule has 1 saturated heterocycles. The number of phenolic OH excluding ortho intramolecular Hbond substituents is 1. The molecule has 0 aliphatic carbocycles. The number of aliphatic hydroxyl groups is 1. The number of nitrogens with two attached hydrogens (primary N) is 3. The summed E-state index contributed by atoms with van der Waals surface area (Å²) in [6.07, 6.45) is 21.9. The van der Waals surface area contributed by atoms with Gasteiger partial charge in [-0.1, -0.05) is 104 Å². The van der Waals surface area contributed by atoms with Crippen molar-refractivity contribution < 1.29 is 48.6 Å². The van der Waals surface area contributed by atoms with Crippen LogP contribution in [0, 0.1) is 6.57 Å². The van der Waals surface area contributed by atoms with Gasteiger partial charge in [0.25, 0.3) is 0 Å². The summed E-state index contributed by atoms with van der Waals surface area (Å²) in [5.41, 5.74) is 17.7. The molecule has 1 aliphatic heterocycles. The highest BCUT2D eigenvalue weighted by atomic mass is 16.3. The molecule has 6 atom stereocenters. The van der Waals surface area contributed by atoms with Crippen LogP contribution in [0.4, 0.5) is 0 Å². The van der Waals surface area contributed by atoms with E-state index in [1.807, 2.05) is 6.92 Å². The molecule has 1 aliphatic rings. The molecule has 1 unspecified atom stereocenters. The van der Waals surface area contributed by atoms with Crippen molar-refractivity contribution in [1.29, 1.82) is 0 Å². The molecular formula is C57H101N11O10. The Morgan fingerprint density at radius 3 is 1.76 bits per heavy atom. The van der Waals surface area contributed by atoms with Gasteiger partial charge in [0.1, 0.15) is 11.8 Å². The first kappa shape index (κ1) is 72.5. The number of hydrogen-bond acceptors (Lipinski definition) is 14. The second-order valence-corrected chi connectivity index (χ2v) is 20.0. The predicted molar refractivity (Wildman–Crippen MR) is 305 cm³/mol. The maximum atomic E-state index is 12.3. The predicted octanol–water partition coefficient (Wildman–Crippen LogP) is 4.09. The Labute approximate surface area is 466 Å². The Kier molecular flexibility index (Phi) is 43.1. The van der Waals surface area contributed by atoms with Crippen molar-refractivity contribution in [1.82, 2.24) is 36.8 Å². The number of nitrogens with one attached hydrogen (secondary N) is 6. The first-order valence-electron chi connectivity index (χ1n) is 28.8. The molecule has 21 nitrogen and oxygen atoms in total. The molecule has 444 valence electrons. The molecular weight excluding hydrogens is 999 g/mol. The minimum Gasteiger partial charge on any atom is -0.508 e. The summed E-state index contributed by atoms with van der Waals surface area (Å²) in [7, 11) is 1.70. The van der Waals surface area contributed by atoms with Gasteiger partial charge in [0, 0.05) is 58.3 Å². The van der Waals surface area contributed by atoms with Crippen LogP contribution in [0.2, 0.25) is 0 Å². The van der Waals surface area contributed by atoms with Gasteiger partial charge in [0.15, 0.2) is 11.6 Å². The van der Waals surface area contributed by atoms with E-state index < -0.39 is 36.7 Å². The van der Waals surface area contributed by atoms with Gasteiger partial charge in [-0.05, 0) is 89.5 Å². The number of primary amides is 1. The molecule has 1 aromatic carbocycles. The molecule has 0 spiro atoms. The molecule has 1 heterocycles. The summed E-state index contributed by atoms with van der Waals surface area (Å²) in [6.45, 7) is 16.7. The number of aromatic hydroxyl groups is 1. The van der Waals surface area contributed by atoms with E-state index in [2.05, 4.69) is 43.7 Å². The number of nitrogens with zero attached hydrogens (tertiary/aromatic N) is 2. The van der Waals surface area contributed by atoms with Crippen LogP contribution in [-0.2, 0) is 44.8 Å². The maximum Gasteiger partial charge on any atom is 0.300 e. The highest BCUT2D eigenvalue weighted by Crippen LogP contribution is 2.20. The molecule has 21 heteroatoms. The number of carbonyl (C=O) groups is 8. The molecule has 0 saturated carbocycles. The number of phenols is 1. The van der Waals surface area contributed by atoms with Gasteiger partial charge in [0.05, 0.1) is 37.3 Å². The first-order chi connectivity index (χ1) is 37.4. The van der Waals surface area contributed by atoms with Crippen LogP contribution in [-0.4, -0.2) is 145 Å². The number of likely N-dealkylation sites (tertiary alicyclic amines) is 1. The molecule has 1 aromatic rings. The van der Waals surface area contributed by atoms with Crippen LogP contribution >= 0.6 is 0 Å². The number of aliphatic hydroxyl groups excluding tert-OH is 1. The van der Waals surface area contributed by atoms with E-state index in [1.54, 1.807) is 50.1 Å². The van der Waals surface area contributed by atoms with Gasteiger partial charge in [-0.25, -0.2) is 6.57 Å². The third-order valence-electron chi connectivity index (χ3n) is 13.4. The third-order valence-corrected chi connectivity index (χ3v) is 13.4. The Morgan fingerprint density at radius 1 is 0.692 bits per heavy atom. The van der Waals surface area contributed by atoms with Crippen molar-refractivity contribution in [3.63, 3.8) is 0 Å². The fraction of sp³-hybridized carbons (Fsp3) is 0.737. The smallest absolute Gasteiger partial charge is 0.300 e. The van der Waals surface area contributed by atoms with Gasteiger partial charge in [-0.2, -0.15) is 0 Å². The van der Waals surface area contributed by atoms with Crippen molar-refractivity contribution in [3.05, 3.63) is 41.2 Å². The lowest BCUT2D eigenvalue weighted by atomic mass is 10.0. The average molecular weight is 1100 g/mol. The summed E-state index contributed by atoms with van der Waals surface area (Å²) < 4.78 is 0. The van der Waals surface area contributed by atoms with Crippen molar-refractivity contribution in [2.24, 2.45) is 17.2 Å². The number of ketones is 2. The Morgan fingerprint density at radius 2 is 1.23 bits per heavy atom. The number of unbranched alkanes of at least 4 members (excludes halogenated alkanes) is 13. The SMILES string of the molecule is CCC(=O)NCCCCCCCCCC(=O)NCCCC[C@H](NC)C(=O)CN[C@@H](CO)C(N)=O.CCC(=O)[C@@H](C)NC(=O)[C@@H](N)Cc1ccc(O)cc1.[C-]#[N+][C@@H]1CCCN1C(=O)C(N)CCC(=O)NCCCCCCCCC. The highest BCUT2D eigenvalue weighted by molar-refractivity contribution is 5.90. The van der Waals surface area contributed by atoms with E-state index >= 15 is 0 Å². The average Bonchev–Trinajstić information content (AvgIpc) is 3.92. The summed E-state index contributed by atoms with van der Waals surface area (Å²) in [6, 6.07) is 3.32. The quantitative estimate of drug-likeness (QED) is 0.0325. The largest absolute Gasteiger partial charge is 0.508 e. The van der Waals surface area contributed by atoms with Crippen molar-refractivity contribution in [2.45, 2.75) is 225 Å². The summed E-state index contributed by atoms with van der Waals surface area (Å²) in [4.78, 5) is 98.7. The number of hydrogen-bond donors (Lipinski definition) is 11. The number of amides is 6.